The van der Waals surface area contributed by atoms with Gasteiger partial charge in [0.25, 0.3) is 0 Å². The minimum absolute atomic E-state index is 0.379. The summed E-state index contributed by atoms with van der Waals surface area (Å²) in [6.07, 6.45) is 0. The summed E-state index contributed by atoms with van der Waals surface area (Å²) in [6, 6.07) is 11.9. The van der Waals surface area contributed by atoms with Crippen LogP contribution in [0.2, 0.25) is 0 Å². The Kier molecular flexibility index (Phi) is 3.98. The Bertz CT molecular complexity index is 714. The number of rotatable bonds is 2. The van der Waals surface area contributed by atoms with E-state index in [1.807, 2.05) is 57.2 Å². The Labute approximate surface area is 126 Å². The monoisotopic (exact) mass is 282 g/mol. The van der Waals surface area contributed by atoms with Crippen LogP contribution in [0, 0.1) is 17.3 Å². The average Bonchev–Trinajstić information content (AvgIpc) is 2.45. The Morgan fingerprint density at radius 3 is 2.19 bits per heavy atom. The minimum Gasteiger partial charge on any atom is -0.497 e. The van der Waals surface area contributed by atoms with Crippen molar-refractivity contribution in [1.82, 2.24) is 0 Å². The van der Waals surface area contributed by atoms with Crippen LogP contribution in [0.1, 0.15) is 33.3 Å². The first-order valence-corrected chi connectivity index (χ1v) is 7.06. The van der Waals surface area contributed by atoms with Crippen LogP contribution in [-0.2, 0) is 5.60 Å². The lowest BCUT2D eigenvalue weighted by molar-refractivity contribution is -0.00893. The van der Waals surface area contributed by atoms with Crippen molar-refractivity contribution < 1.29 is 9.84 Å². The van der Waals surface area contributed by atoms with Gasteiger partial charge in [0.1, 0.15) is 5.75 Å². The summed E-state index contributed by atoms with van der Waals surface area (Å²) >= 11 is 0. The normalized spacial score (nSPS) is 14.2. The van der Waals surface area contributed by atoms with E-state index in [0.717, 1.165) is 22.1 Å². The number of hydrogen-bond acceptors (Lipinski definition) is 2. The standard InChI is InChI=1S/C19H22O2/c1-6-11-19(20,18(2,3)4)16-9-7-15-13-17(21-5)10-8-14(15)12-16/h7-10,12-13,20H,1-5H3. The first-order chi connectivity index (χ1) is 9.81. The molecule has 0 spiro atoms. The lowest BCUT2D eigenvalue weighted by Gasteiger charge is -2.36. The van der Waals surface area contributed by atoms with Gasteiger partial charge < -0.3 is 9.84 Å². The largest absolute Gasteiger partial charge is 0.497 e. The van der Waals surface area contributed by atoms with Crippen molar-refractivity contribution in [1.29, 1.82) is 0 Å². The highest BCUT2D eigenvalue weighted by Crippen LogP contribution is 2.40. The third-order valence-corrected chi connectivity index (χ3v) is 3.86. The highest BCUT2D eigenvalue weighted by atomic mass is 16.5. The van der Waals surface area contributed by atoms with Gasteiger partial charge in [-0.3, -0.25) is 0 Å². The molecule has 0 saturated carbocycles. The lowest BCUT2D eigenvalue weighted by Crippen LogP contribution is -2.38. The van der Waals surface area contributed by atoms with E-state index in [1.165, 1.54) is 0 Å². The summed E-state index contributed by atoms with van der Waals surface area (Å²) in [4.78, 5) is 0. The summed E-state index contributed by atoms with van der Waals surface area (Å²) in [6.45, 7) is 7.74. The number of fused-ring (bicyclic) bond motifs is 1. The van der Waals surface area contributed by atoms with Gasteiger partial charge in [-0.1, -0.05) is 44.9 Å². The van der Waals surface area contributed by atoms with Gasteiger partial charge in [-0.15, -0.1) is 5.92 Å². The van der Waals surface area contributed by atoms with Crippen molar-refractivity contribution in [3.63, 3.8) is 0 Å². The maximum absolute atomic E-state index is 11.1. The Morgan fingerprint density at radius 1 is 1.00 bits per heavy atom. The molecule has 1 N–H and O–H groups in total. The SMILES string of the molecule is CC#CC(O)(c1ccc2cc(OC)ccc2c1)C(C)(C)C. The molecule has 2 nitrogen and oxygen atoms in total. The molecule has 1 atom stereocenters. The smallest absolute Gasteiger partial charge is 0.155 e. The summed E-state index contributed by atoms with van der Waals surface area (Å²) in [5, 5.41) is 13.2. The van der Waals surface area contributed by atoms with E-state index in [-0.39, 0.29) is 5.41 Å². The third-order valence-electron chi connectivity index (χ3n) is 3.86. The predicted octanol–water partition coefficient (Wildman–Crippen LogP) is 4.11. The van der Waals surface area contributed by atoms with Crippen LogP contribution in [0.15, 0.2) is 36.4 Å². The molecule has 0 heterocycles. The molecule has 2 aromatic carbocycles. The molecule has 2 heteroatoms. The topological polar surface area (TPSA) is 29.5 Å². The quantitative estimate of drug-likeness (QED) is 0.840. The second-order valence-electron chi connectivity index (χ2n) is 6.26. The van der Waals surface area contributed by atoms with Gasteiger partial charge in [0, 0.05) is 5.41 Å². The Balaban J connectivity index is 2.62. The molecule has 0 saturated heterocycles. The van der Waals surface area contributed by atoms with E-state index in [2.05, 4.69) is 11.8 Å². The van der Waals surface area contributed by atoms with Crippen molar-refractivity contribution in [2.24, 2.45) is 5.41 Å². The van der Waals surface area contributed by atoms with Crippen LogP contribution in [0.4, 0.5) is 0 Å². The number of hydrogen-bond donors (Lipinski definition) is 1. The first-order valence-electron chi connectivity index (χ1n) is 7.06. The molecular weight excluding hydrogens is 260 g/mol. The molecule has 0 amide bonds. The summed E-state index contributed by atoms with van der Waals surface area (Å²) < 4.78 is 5.24. The fourth-order valence-corrected chi connectivity index (χ4v) is 2.45. The molecule has 0 aliphatic rings. The van der Waals surface area contributed by atoms with Gasteiger partial charge in [0.15, 0.2) is 5.60 Å². The van der Waals surface area contributed by atoms with E-state index in [9.17, 15) is 5.11 Å². The molecular formula is C19H22O2. The van der Waals surface area contributed by atoms with E-state index in [0.29, 0.717) is 0 Å². The van der Waals surface area contributed by atoms with Crippen molar-refractivity contribution in [3.05, 3.63) is 42.0 Å². The van der Waals surface area contributed by atoms with Crippen LogP contribution in [0.25, 0.3) is 10.8 Å². The van der Waals surface area contributed by atoms with Crippen molar-refractivity contribution in [3.8, 4) is 17.6 Å². The second-order valence-corrected chi connectivity index (χ2v) is 6.26. The maximum Gasteiger partial charge on any atom is 0.155 e. The minimum atomic E-state index is -1.17. The van der Waals surface area contributed by atoms with Crippen molar-refractivity contribution in [2.75, 3.05) is 7.11 Å². The lowest BCUT2D eigenvalue weighted by atomic mass is 9.72. The molecule has 0 aliphatic carbocycles. The number of benzene rings is 2. The van der Waals surface area contributed by atoms with Gasteiger partial charge in [-0.2, -0.15) is 0 Å². The maximum atomic E-state index is 11.1. The molecule has 110 valence electrons. The zero-order valence-electron chi connectivity index (χ0n) is 13.3. The van der Waals surface area contributed by atoms with Gasteiger partial charge >= 0.3 is 0 Å². The molecule has 0 bridgehead atoms. The van der Waals surface area contributed by atoms with E-state index >= 15 is 0 Å². The Hall–Kier alpha value is -1.98. The number of methoxy groups -OCH3 is 1. The van der Waals surface area contributed by atoms with E-state index < -0.39 is 5.60 Å². The molecule has 2 aromatic rings. The highest BCUT2D eigenvalue weighted by Gasteiger charge is 2.40. The average molecular weight is 282 g/mol. The van der Waals surface area contributed by atoms with Crippen LogP contribution in [0.5, 0.6) is 5.75 Å². The van der Waals surface area contributed by atoms with Crippen molar-refractivity contribution in [2.45, 2.75) is 33.3 Å². The molecule has 0 fully saturated rings. The predicted molar refractivity (Wildman–Crippen MR) is 87.3 cm³/mol. The fraction of sp³-hybridized carbons (Fsp3) is 0.368. The molecule has 2 rings (SSSR count). The van der Waals surface area contributed by atoms with Crippen molar-refractivity contribution >= 4 is 10.8 Å². The molecule has 1 unspecified atom stereocenters. The highest BCUT2D eigenvalue weighted by molar-refractivity contribution is 5.85. The van der Waals surface area contributed by atoms with Crippen LogP contribution in [-0.4, -0.2) is 12.2 Å². The fourth-order valence-electron chi connectivity index (χ4n) is 2.45. The van der Waals surface area contributed by atoms with E-state index in [1.54, 1.807) is 14.0 Å². The first kappa shape index (κ1) is 15.4. The van der Waals surface area contributed by atoms with Crippen LogP contribution >= 0.6 is 0 Å². The summed E-state index contributed by atoms with van der Waals surface area (Å²) in [5.74, 6) is 6.67. The molecule has 0 radical (unpaired) electrons. The zero-order valence-corrected chi connectivity index (χ0v) is 13.3. The van der Waals surface area contributed by atoms with Gasteiger partial charge in [0.2, 0.25) is 0 Å². The second kappa shape index (κ2) is 5.42. The summed E-state index contributed by atoms with van der Waals surface area (Å²) in [7, 11) is 1.66. The molecule has 21 heavy (non-hydrogen) atoms. The molecule has 0 aliphatic heterocycles. The van der Waals surface area contributed by atoms with E-state index in [4.69, 9.17) is 4.74 Å². The van der Waals surface area contributed by atoms with Crippen LogP contribution in [0.3, 0.4) is 0 Å². The zero-order chi connectivity index (χ0) is 15.7. The van der Waals surface area contributed by atoms with Gasteiger partial charge in [-0.25, -0.2) is 0 Å². The van der Waals surface area contributed by atoms with Gasteiger partial charge in [0.05, 0.1) is 7.11 Å². The number of ether oxygens (including phenoxy) is 1. The Morgan fingerprint density at radius 2 is 1.62 bits per heavy atom. The third kappa shape index (κ3) is 2.75. The van der Waals surface area contributed by atoms with Crippen LogP contribution < -0.4 is 4.74 Å². The number of aliphatic hydroxyl groups is 1. The summed E-state index contributed by atoms with van der Waals surface area (Å²) in [5.41, 5.74) is -0.728. The molecule has 0 aromatic heterocycles. The van der Waals surface area contributed by atoms with Gasteiger partial charge in [-0.05, 0) is 41.5 Å².